The molecule has 0 spiro atoms. The fraction of sp³-hybridized carbons (Fsp3) is 0.250. The number of hydrogen-bond acceptors (Lipinski definition) is 4. The summed E-state index contributed by atoms with van der Waals surface area (Å²) in [7, 11) is 0. The summed E-state index contributed by atoms with van der Waals surface area (Å²) in [5.74, 6) is 0.976. The summed E-state index contributed by atoms with van der Waals surface area (Å²) in [6, 6.07) is 11.7. The Labute approximate surface area is 175 Å². The Hall–Kier alpha value is -3.54. The first-order valence-electron chi connectivity index (χ1n) is 10.3. The van der Waals surface area contributed by atoms with Gasteiger partial charge in [-0.05, 0) is 61.7 Å². The molecule has 1 fully saturated rings. The first-order valence-corrected chi connectivity index (χ1v) is 10.3. The molecule has 3 aromatic heterocycles. The minimum Gasteiger partial charge on any atom is -0.361 e. The molecule has 4 aromatic rings. The highest BCUT2D eigenvalue weighted by Gasteiger charge is 2.28. The molecule has 0 radical (unpaired) electrons. The highest BCUT2D eigenvalue weighted by Crippen LogP contribution is 2.30. The molecule has 1 saturated heterocycles. The van der Waals surface area contributed by atoms with E-state index in [1.807, 2.05) is 60.6 Å². The van der Waals surface area contributed by atoms with E-state index in [4.69, 9.17) is 4.98 Å². The van der Waals surface area contributed by atoms with Crippen LogP contribution < -0.4 is 0 Å². The van der Waals surface area contributed by atoms with Gasteiger partial charge in [0.15, 0.2) is 5.82 Å². The van der Waals surface area contributed by atoms with Crippen LogP contribution in [-0.2, 0) is 0 Å². The highest BCUT2D eigenvalue weighted by atomic mass is 16.2. The lowest BCUT2D eigenvalue weighted by molar-refractivity contribution is 0.0706. The second-order valence-electron chi connectivity index (χ2n) is 7.87. The number of likely N-dealkylation sites (tertiary alicyclic amines) is 1. The molecule has 6 nitrogen and oxygen atoms in total. The minimum absolute atomic E-state index is 0.0852. The average molecular weight is 397 g/mol. The van der Waals surface area contributed by atoms with Crippen molar-refractivity contribution < 1.29 is 4.79 Å². The van der Waals surface area contributed by atoms with Crippen molar-refractivity contribution in [3.63, 3.8) is 0 Å². The predicted molar refractivity (Wildman–Crippen MR) is 116 cm³/mol. The molecule has 5 rings (SSSR count). The van der Waals surface area contributed by atoms with Gasteiger partial charge in [-0.25, -0.2) is 9.97 Å². The van der Waals surface area contributed by atoms with Gasteiger partial charge in [0.05, 0.1) is 5.69 Å². The third-order valence-electron chi connectivity index (χ3n) is 5.83. The quantitative estimate of drug-likeness (QED) is 0.558. The molecule has 1 amide bonds. The third kappa shape index (κ3) is 3.45. The van der Waals surface area contributed by atoms with Crippen LogP contribution in [0.1, 0.15) is 40.4 Å². The number of benzene rings is 1. The summed E-state index contributed by atoms with van der Waals surface area (Å²) in [5, 5.41) is 1.06. The van der Waals surface area contributed by atoms with Crippen molar-refractivity contribution in [3.8, 4) is 11.4 Å². The van der Waals surface area contributed by atoms with Gasteiger partial charge in [-0.3, -0.25) is 9.78 Å². The summed E-state index contributed by atoms with van der Waals surface area (Å²) < 4.78 is 0. The van der Waals surface area contributed by atoms with Crippen LogP contribution in [0.5, 0.6) is 0 Å². The van der Waals surface area contributed by atoms with Gasteiger partial charge in [0.25, 0.3) is 5.91 Å². The van der Waals surface area contributed by atoms with Crippen molar-refractivity contribution in [2.45, 2.75) is 25.7 Å². The molecule has 0 aliphatic carbocycles. The summed E-state index contributed by atoms with van der Waals surface area (Å²) in [4.78, 5) is 31.9. The number of nitrogens with one attached hydrogen (secondary N) is 1. The SMILES string of the molecule is Cc1cnc(-c2cccnc2)nc1C1CCCN(C(=O)c2ccc3[nH]ccc3c2)C1. The van der Waals surface area contributed by atoms with Gasteiger partial charge in [0.1, 0.15) is 0 Å². The maximum Gasteiger partial charge on any atom is 0.253 e. The number of hydrogen-bond donors (Lipinski definition) is 1. The van der Waals surface area contributed by atoms with Crippen molar-refractivity contribution in [2.24, 2.45) is 0 Å². The molecule has 1 aromatic carbocycles. The number of aromatic nitrogens is 4. The number of aryl methyl sites for hydroxylation is 1. The summed E-state index contributed by atoms with van der Waals surface area (Å²) >= 11 is 0. The zero-order valence-electron chi connectivity index (χ0n) is 16.9. The van der Waals surface area contributed by atoms with Crippen molar-refractivity contribution in [3.05, 3.63) is 78.0 Å². The Kier molecular flexibility index (Phi) is 4.75. The van der Waals surface area contributed by atoms with Gasteiger partial charge in [0, 0.05) is 65.8 Å². The monoisotopic (exact) mass is 397 g/mol. The zero-order chi connectivity index (χ0) is 20.5. The van der Waals surface area contributed by atoms with Crippen molar-refractivity contribution in [1.82, 2.24) is 24.8 Å². The number of carbonyl (C=O) groups excluding carboxylic acids is 1. The number of pyridine rings is 1. The van der Waals surface area contributed by atoms with E-state index in [1.165, 1.54) is 0 Å². The molecule has 1 N–H and O–H groups in total. The lowest BCUT2D eigenvalue weighted by atomic mass is 9.91. The first-order chi connectivity index (χ1) is 14.7. The van der Waals surface area contributed by atoms with E-state index in [0.717, 1.165) is 52.7 Å². The van der Waals surface area contributed by atoms with Gasteiger partial charge < -0.3 is 9.88 Å². The van der Waals surface area contributed by atoms with Crippen LogP contribution in [0.4, 0.5) is 0 Å². The van der Waals surface area contributed by atoms with Crippen LogP contribution in [-0.4, -0.2) is 43.8 Å². The lowest BCUT2D eigenvalue weighted by Gasteiger charge is -2.33. The zero-order valence-corrected chi connectivity index (χ0v) is 16.9. The number of piperidine rings is 1. The fourth-order valence-electron chi connectivity index (χ4n) is 4.26. The summed E-state index contributed by atoms with van der Waals surface area (Å²) in [5.41, 5.74) is 4.78. The van der Waals surface area contributed by atoms with E-state index in [1.54, 1.807) is 12.4 Å². The number of rotatable bonds is 3. The first kappa shape index (κ1) is 18.5. The van der Waals surface area contributed by atoms with E-state index < -0.39 is 0 Å². The number of H-pyrrole nitrogens is 1. The second-order valence-corrected chi connectivity index (χ2v) is 7.87. The van der Waals surface area contributed by atoms with E-state index >= 15 is 0 Å². The van der Waals surface area contributed by atoms with Gasteiger partial charge in [-0.1, -0.05) is 0 Å². The van der Waals surface area contributed by atoms with Crippen molar-refractivity contribution in [1.29, 1.82) is 0 Å². The highest BCUT2D eigenvalue weighted by molar-refractivity contribution is 5.98. The summed E-state index contributed by atoms with van der Waals surface area (Å²) in [6.45, 7) is 3.50. The molecule has 1 aliphatic heterocycles. The topological polar surface area (TPSA) is 74.8 Å². The molecular formula is C24H23N5O. The van der Waals surface area contributed by atoms with E-state index in [0.29, 0.717) is 12.4 Å². The Morgan fingerprint density at radius 2 is 2.13 bits per heavy atom. The van der Waals surface area contributed by atoms with Crippen LogP contribution in [0.3, 0.4) is 0 Å². The van der Waals surface area contributed by atoms with Gasteiger partial charge >= 0.3 is 0 Å². The number of carbonyl (C=O) groups is 1. The van der Waals surface area contributed by atoms with E-state index in [9.17, 15) is 4.79 Å². The molecule has 4 heterocycles. The molecule has 0 saturated carbocycles. The maximum absolute atomic E-state index is 13.2. The Balaban J connectivity index is 1.40. The third-order valence-corrected chi connectivity index (χ3v) is 5.83. The Morgan fingerprint density at radius 1 is 1.20 bits per heavy atom. The standard InChI is InChI=1S/C24H23N5O/c1-16-13-27-23(19-4-2-9-25-14-19)28-22(16)20-5-3-11-29(15-20)24(30)18-6-7-21-17(12-18)8-10-26-21/h2,4,6-10,12-14,20,26H,3,5,11,15H2,1H3. The molecule has 6 heteroatoms. The molecule has 1 unspecified atom stereocenters. The van der Waals surface area contributed by atoms with Crippen LogP contribution >= 0.6 is 0 Å². The predicted octanol–water partition coefficient (Wildman–Crippen LogP) is 4.35. The molecule has 150 valence electrons. The van der Waals surface area contributed by atoms with Crippen LogP contribution in [0.25, 0.3) is 22.3 Å². The molecule has 1 atom stereocenters. The van der Waals surface area contributed by atoms with E-state index in [-0.39, 0.29) is 11.8 Å². The van der Waals surface area contributed by atoms with Crippen LogP contribution in [0.15, 0.2) is 61.2 Å². The molecular weight excluding hydrogens is 374 g/mol. The van der Waals surface area contributed by atoms with Crippen molar-refractivity contribution >= 4 is 16.8 Å². The average Bonchev–Trinajstić information content (AvgIpc) is 3.27. The minimum atomic E-state index is 0.0852. The van der Waals surface area contributed by atoms with Gasteiger partial charge in [-0.2, -0.15) is 0 Å². The van der Waals surface area contributed by atoms with Crippen LogP contribution in [0.2, 0.25) is 0 Å². The summed E-state index contributed by atoms with van der Waals surface area (Å²) in [6.07, 6.45) is 9.29. The number of fused-ring (bicyclic) bond motifs is 1. The van der Waals surface area contributed by atoms with Crippen molar-refractivity contribution in [2.75, 3.05) is 13.1 Å². The van der Waals surface area contributed by atoms with E-state index in [2.05, 4.69) is 15.0 Å². The Morgan fingerprint density at radius 3 is 3.00 bits per heavy atom. The molecule has 1 aliphatic rings. The van der Waals surface area contributed by atoms with Gasteiger partial charge in [-0.15, -0.1) is 0 Å². The number of aromatic amines is 1. The van der Waals surface area contributed by atoms with Crippen LogP contribution in [0, 0.1) is 6.92 Å². The maximum atomic E-state index is 13.2. The normalized spacial score (nSPS) is 16.7. The van der Waals surface area contributed by atoms with Gasteiger partial charge in [0.2, 0.25) is 0 Å². The number of amides is 1. The largest absolute Gasteiger partial charge is 0.361 e. The smallest absolute Gasteiger partial charge is 0.253 e. The number of nitrogens with zero attached hydrogens (tertiary/aromatic N) is 4. The lowest BCUT2D eigenvalue weighted by Crippen LogP contribution is -2.39. The molecule has 0 bridgehead atoms. The second kappa shape index (κ2) is 7.71. The Bertz CT molecular complexity index is 1200. The fourth-order valence-corrected chi connectivity index (χ4v) is 4.26. The molecule has 30 heavy (non-hydrogen) atoms.